The molecule has 3 N–H and O–H groups in total. The van der Waals surface area contributed by atoms with E-state index in [1.54, 1.807) is 6.07 Å². The Hall–Kier alpha value is -3.37. The van der Waals surface area contributed by atoms with Gasteiger partial charge in [-0.15, -0.1) is 11.3 Å². The van der Waals surface area contributed by atoms with Crippen molar-refractivity contribution in [2.24, 2.45) is 11.8 Å². The van der Waals surface area contributed by atoms with Crippen molar-refractivity contribution < 1.29 is 23.0 Å². The lowest BCUT2D eigenvalue weighted by atomic mass is 9.95. The van der Waals surface area contributed by atoms with Gasteiger partial charge in [0.25, 0.3) is 0 Å². The molecule has 0 amide bonds. The maximum atomic E-state index is 16.9. The van der Waals surface area contributed by atoms with Gasteiger partial charge in [-0.3, -0.25) is 4.90 Å². The second-order valence-corrected chi connectivity index (χ2v) is 14.4. The van der Waals surface area contributed by atoms with Gasteiger partial charge in [-0.25, -0.2) is 13.2 Å². The van der Waals surface area contributed by atoms with E-state index in [9.17, 15) is 19.1 Å². The van der Waals surface area contributed by atoms with Crippen molar-refractivity contribution in [3.05, 3.63) is 40.4 Å². The van der Waals surface area contributed by atoms with E-state index in [1.165, 1.54) is 12.1 Å². The number of nitrogen functional groups attached to an aromatic ring is 1. The van der Waals surface area contributed by atoms with Crippen molar-refractivity contribution in [2.45, 2.75) is 49.9 Å². The molecule has 0 radical (unpaired) electrons. The minimum absolute atomic E-state index is 0.0339. The van der Waals surface area contributed by atoms with Gasteiger partial charge in [-0.1, -0.05) is 17.7 Å². The molecule has 234 valence electrons. The molecule has 3 unspecified atom stereocenters. The van der Waals surface area contributed by atoms with Crippen molar-refractivity contribution in [3.63, 3.8) is 0 Å². The molecule has 4 aliphatic rings. The van der Waals surface area contributed by atoms with Crippen LogP contribution in [0.15, 0.2) is 18.2 Å². The molecular weight excluding hydrogens is 625 g/mol. The summed E-state index contributed by atoms with van der Waals surface area (Å²) in [5.41, 5.74) is 5.80. The molecule has 5 heterocycles. The van der Waals surface area contributed by atoms with Crippen LogP contribution in [-0.2, 0) is 0 Å². The Morgan fingerprint density at radius 2 is 2.07 bits per heavy atom. The fraction of sp³-hybridized carbons (Fsp3) is 0.469. The van der Waals surface area contributed by atoms with Crippen LogP contribution in [0.2, 0.25) is 5.02 Å². The van der Waals surface area contributed by atoms with Crippen LogP contribution in [0.3, 0.4) is 0 Å². The summed E-state index contributed by atoms with van der Waals surface area (Å²) in [6, 6.07) is 6.19. The summed E-state index contributed by atoms with van der Waals surface area (Å²) in [7, 11) is 0. The summed E-state index contributed by atoms with van der Waals surface area (Å²) in [6.45, 7) is 2.49. The van der Waals surface area contributed by atoms with Gasteiger partial charge in [0.05, 0.1) is 26.9 Å². The lowest BCUT2D eigenvalue weighted by Gasteiger charge is -2.34. The van der Waals surface area contributed by atoms with Crippen LogP contribution in [0.4, 0.5) is 24.0 Å². The number of aliphatic hydroxyl groups is 1. The molecule has 3 aliphatic heterocycles. The molecule has 1 saturated carbocycles. The van der Waals surface area contributed by atoms with E-state index in [4.69, 9.17) is 27.1 Å². The summed E-state index contributed by atoms with van der Waals surface area (Å²) < 4.78 is 52.5. The van der Waals surface area contributed by atoms with Crippen LogP contribution in [0.1, 0.15) is 37.7 Å². The van der Waals surface area contributed by atoms with Crippen molar-refractivity contribution in [1.29, 1.82) is 5.26 Å². The van der Waals surface area contributed by atoms with Crippen LogP contribution < -0.4 is 15.4 Å². The quantitative estimate of drug-likeness (QED) is 0.267. The fourth-order valence-electron chi connectivity index (χ4n) is 8.27. The first-order valence-corrected chi connectivity index (χ1v) is 16.4. The first-order chi connectivity index (χ1) is 21.7. The van der Waals surface area contributed by atoms with E-state index in [0.717, 1.165) is 37.1 Å². The van der Waals surface area contributed by atoms with Crippen molar-refractivity contribution in [2.75, 3.05) is 43.4 Å². The zero-order valence-electron chi connectivity index (χ0n) is 24.2. The topological polar surface area (TPSA) is 112 Å². The third kappa shape index (κ3) is 4.53. The van der Waals surface area contributed by atoms with Crippen molar-refractivity contribution in [1.82, 2.24) is 14.9 Å². The van der Waals surface area contributed by atoms with E-state index < -0.39 is 29.4 Å². The summed E-state index contributed by atoms with van der Waals surface area (Å²) in [5.74, 6) is -0.570. The van der Waals surface area contributed by atoms with E-state index in [0.29, 0.717) is 43.7 Å². The molecule has 4 aromatic rings. The van der Waals surface area contributed by atoms with E-state index >= 15 is 4.39 Å². The van der Waals surface area contributed by atoms with Crippen LogP contribution >= 0.6 is 22.9 Å². The SMILES string of the molecule is N#Cc1c(N)sc2c(F)ccc(-c3c(Cl)cc4c(N5CC6CC(O)C(C6)C5)nc(OC[C@@]56CCCN5C[C@H](F)C6)nc4c3F)c12. The molecule has 45 heavy (non-hydrogen) atoms. The smallest absolute Gasteiger partial charge is 0.319 e. The number of aliphatic hydroxyl groups excluding tert-OH is 1. The molecule has 8 nitrogen and oxygen atoms in total. The van der Waals surface area contributed by atoms with Gasteiger partial charge in [0.1, 0.15) is 41.0 Å². The highest BCUT2D eigenvalue weighted by atomic mass is 35.5. The highest BCUT2D eigenvalue weighted by Gasteiger charge is 2.49. The third-order valence-corrected chi connectivity index (χ3v) is 11.6. The van der Waals surface area contributed by atoms with E-state index in [-0.39, 0.29) is 66.8 Å². The standard InChI is InChI=1S/C32H30ClF3N6O2S/c33-21-8-19-27(26(36)25(21)18-2-3-22(35)28-24(18)20(10-37)29(38)45-28)39-31(44-14-32-4-1-5-42(32)13-17(34)9-32)40-30(19)41-11-15-6-16(12-41)23(43)7-15/h2-3,8,15-17,23,43H,1,4-7,9,11-14,38H2/t15?,16?,17-,23?,32+/m1/s1. The number of nitrogens with two attached hydrogens (primary N) is 1. The van der Waals surface area contributed by atoms with Crippen LogP contribution in [0, 0.1) is 34.8 Å². The zero-order valence-corrected chi connectivity index (χ0v) is 25.8. The highest BCUT2D eigenvalue weighted by molar-refractivity contribution is 7.23. The number of nitriles is 1. The number of ether oxygens (including phenoxy) is 1. The van der Waals surface area contributed by atoms with Gasteiger partial charge >= 0.3 is 6.01 Å². The molecular formula is C32H30ClF3N6O2S. The number of piperidine rings is 1. The van der Waals surface area contributed by atoms with Gasteiger partial charge in [0, 0.05) is 48.3 Å². The molecule has 3 saturated heterocycles. The number of rotatable bonds is 5. The first kappa shape index (κ1) is 29.1. The number of hydrogen-bond acceptors (Lipinski definition) is 9. The second-order valence-electron chi connectivity index (χ2n) is 13.0. The number of fused-ring (bicyclic) bond motifs is 5. The van der Waals surface area contributed by atoms with Gasteiger partial charge in [-0.2, -0.15) is 15.2 Å². The Labute approximate surface area is 266 Å². The minimum atomic E-state index is -0.934. The summed E-state index contributed by atoms with van der Waals surface area (Å²) in [5, 5.41) is 21.2. The molecule has 2 aromatic carbocycles. The predicted molar refractivity (Wildman–Crippen MR) is 167 cm³/mol. The highest BCUT2D eigenvalue weighted by Crippen LogP contribution is 2.47. The number of benzene rings is 2. The maximum absolute atomic E-state index is 16.9. The number of anilines is 2. The van der Waals surface area contributed by atoms with Gasteiger partial charge in [0.15, 0.2) is 5.82 Å². The van der Waals surface area contributed by atoms with E-state index in [1.807, 2.05) is 11.0 Å². The van der Waals surface area contributed by atoms with Crippen molar-refractivity contribution in [3.8, 4) is 23.2 Å². The summed E-state index contributed by atoms with van der Waals surface area (Å²) >= 11 is 7.74. The Morgan fingerprint density at radius 3 is 2.87 bits per heavy atom. The molecule has 0 spiro atoms. The van der Waals surface area contributed by atoms with Gasteiger partial charge < -0.3 is 20.5 Å². The number of hydrogen-bond donors (Lipinski definition) is 2. The molecule has 5 atom stereocenters. The number of alkyl halides is 1. The minimum Gasteiger partial charge on any atom is -0.461 e. The van der Waals surface area contributed by atoms with Gasteiger partial charge in [-0.05, 0) is 55.8 Å². The molecule has 4 fully saturated rings. The molecule has 2 bridgehead atoms. The zero-order chi connectivity index (χ0) is 31.2. The monoisotopic (exact) mass is 654 g/mol. The van der Waals surface area contributed by atoms with E-state index in [2.05, 4.69) is 9.88 Å². The molecule has 8 rings (SSSR count). The van der Waals surface area contributed by atoms with Gasteiger partial charge in [0.2, 0.25) is 0 Å². The largest absolute Gasteiger partial charge is 0.461 e. The predicted octanol–water partition coefficient (Wildman–Crippen LogP) is 6.06. The lowest BCUT2D eigenvalue weighted by Crippen LogP contribution is -2.43. The fourth-order valence-corrected chi connectivity index (χ4v) is 9.51. The normalized spacial score (nSPS) is 27.9. The molecule has 2 aromatic heterocycles. The Balaban J connectivity index is 1.29. The lowest BCUT2D eigenvalue weighted by molar-refractivity contribution is 0.107. The second kappa shape index (κ2) is 10.6. The number of halogens is 4. The van der Waals surface area contributed by atoms with Crippen LogP contribution in [-0.4, -0.2) is 70.6 Å². The summed E-state index contributed by atoms with van der Waals surface area (Å²) in [6.07, 6.45) is 2.36. The number of nitrogens with zero attached hydrogens (tertiary/aromatic N) is 5. The Kier molecular flexibility index (Phi) is 6.84. The first-order valence-electron chi connectivity index (χ1n) is 15.2. The Bertz CT molecular complexity index is 1920. The number of aromatic nitrogens is 2. The Morgan fingerprint density at radius 1 is 1.22 bits per heavy atom. The van der Waals surface area contributed by atoms with Crippen molar-refractivity contribution >= 4 is 54.7 Å². The number of thiophene rings is 1. The average Bonchev–Trinajstić information content (AvgIpc) is 3.72. The average molecular weight is 655 g/mol. The van der Waals surface area contributed by atoms with Crippen LogP contribution in [0.25, 0.3) is 32.1 Å². The summed E-state index contributed by atoms with van der Waals surface area (Å²) in [4.78, 5) is 13.5. The van der Waals surface area contributed by atoms with Crippen LogP contribution in [0.5, 0.6) is 6.01 Å². The molecule has 1 aliphatic carbocycles. The maximum Gasteiger partial charge on any atom is 0.319 e. The molecule has 13 heteroatoms. The third-order valence-electron chi connectivity index (χ3n) is 10.3.